The molecule has 0 fully saturated rings. The van der Waals surface area contributed by atoms with E-state index in [-0.39, 0.29) is 5.97 Å². The van der Waals surface area contributed by atoms with Gasteiger partial charge in [0.15, 0.2) is 0 Å². The van der Waals surface area contributed by atoms with Crippen molar-refractivity contribution < 1.29 is 9.22 Å². The van der Waals surface area contributed by atoms with Crippen LogP contribution in [0.1, 0.15) is 6.42 Å². The molecule has 0 N–H and O–H groups in total. The molecule has 3 heteroatoms. The highest BCUT2D eigenvalue weighted by atomic mass is 28.3. The Morgan fingerprint density at radius 2 is 2.33 bits per heavy atom. The molecule has 0 unspecified atom stereocenters. The Morgan fingerprint density at radius 3 is 2.67 bits per heavy atom. The quantitative estimate of drug-likeness (QED) is 0.440. The van der Waals surface area contributed by atoms with Gasteiger partial charge in [-0.25, -0.2) is 0 Å². The molecule has 0 aromatic rings. The minimum absolute atomic E-state index is 0.163. The first-order valence-corrected chi connectivity index (χ1v) is 5.19. The minimum Gasteiger partial charge on any atom is -0.518 e. The van der Waals surface area contributed by atoms with Crippen molar-refractivity contribution in [2.75, 3.05) is 0 Å². The van der Waals surface area contributed by atoms with Crippen LogP contribution in [0, 0.1) is 0 Å². The number of hydrogen-bond donors (Lipinski definition) is 0. The number of hydrogen-bond acceptors (Lipinski definition) is 2. The predicted molar refractivity (Wildman–Crippen MR) is 38.4 cm³/mol. The van der Waals surface area contributed by atoms with Crippen molar-refractivity contribution in [2.24, 2.45) is 0 Å². The SMILES string of the molecule is C=CCC(=O)O[Si](C)C. The molecule has 0 saturated heterocycles. The predicted octanol–water partition coefficient (Wildman–Crippen LogP) is 1.36. The van der Waals surface area contributed by atoms with E-state index in [2.05, 4.69) is 6.58 Å². The molecule has 0 heterocycles. The highest BCUT2D eigenvalue weighted by molar-refractivity contribution is 6.50. The first-order valence-electron chi connectivity index (χ1n) is 2.78. The average Bonchev–Trinajstić information content (AvgIpc) is 1.63. The van der Waals surface area contributed by atoms with Crippen molar-refractivity contribution in [3.63, 3.8) is 0 Å². The molecule has 0 aliphatic rings. The summed E-state index contributed by atoms with van der Waals surface area (Å²) >= 11 is 0. The van der Waals surface area contributed by atoms with E-state index in [1.165, 1.54) is 0 Å². The van der Waals surface area contributed by atoms with Crippen molar-refractivity contribution in [3.8, 4) is 0 Å². The molecular formula is C6H11O2Si. The normalized spacial score (nSPS) is 9.22. The van der Waals surface area contributed by atoms with E-state index in [0.29, 0.717) is 6.42 Å². The number of carbonyl (C=O) groups is 1. The van der Waals surface area contributed by atoms with Crippen LogP contribution >= 0.6 is 0 Å². The smallest absolute Gasteiger partial charge is 0.296 e. The van der Waals surface area contributed by atoms with Gasteiger partial charge in [-0.15, -0.1) is 6.58 Å². The zero-order valence-electron chi connectivity index (χ0n) is 5.81. The third kappa shape index (κ3) is 5.30. The molecule has 0 atom stereocenters. The first-order chi connectivity index (χ1) is 4.16. The van der Waals surface area contributed by atoms with Gasteiger partial charge in [0.1, 0.15) is 0 Å². The Hall–Kier alpha value is -0.573. The number of rotatable bonds is 3. The second-order valence-corrected chi connectivity index (χ2v) is 3.90. The molecule has 2 nitrogen and oxygen atoms in total. The lowest BCUT2D eigenvalue weighted by Crippen LogP contribution is -2.13. The van der Waals surface area contributed by atoms with E-state index >= 15 is 0 Å². The minimum atomic E-state index is -0.853. The maximum atomic E-state index is 10.6. The molecular weight excluding hydrogens is 132 g/mol. The molecule has 0 aliphatic carbocycles. The summed E-state index contributed by atoms with van der Waals surface area (Å²) in [5.74, 6) is -0.163. The molecule has 0 rings (SSSR count). The molecule has 9 heavy (non-hydrogen) atoms. The average molecular weight is 143 g/mol. The van der Waals surface area contributed by atoms with Crippen molar-refractivity contribution in [1.29, 1.82) is 0 Å². The zero-order valence-corrected chi connectivity index (χ0v) is 6.81. The summed E-state index contributed by atoms with van der Waals surface area (Å²) in [4.78, 5) is 10.6. The van der Waals surface area contributed by atoms with Gasteiger partial charge in [0.05, 0.1) is 6.42 Å². The number of carbonyl (C=O) groups excluding carboxylic acids is 1. The van der Waals surface area contributed by atoms with Gasteiger partial charge >= 0.3 is 0 Å². The van der Waals surface area contributed by atoms with Gasteiger partial charge < -0.3 is 4.43 Å². The van der Waals surface area contributed by atoms with Gasteiger partial charge in [0, 0.05) is 0 Å². The molecule has 0 aromatic heterocycles. The van der Waals surface area contributed by atoms with Crippen LogP contribution < -0.4 is 0 Å². The van der Waals surface area contributed by atoms with Gasteiger partial charge in [0.2, 0.25) is 0 Å². The van der Waals surface area contributed by atoms with Gasteiger partial charge in [-0.2, -0.15) is 0 Å². The Morgan fingerprint density at radius 1 is 1.78 bits per heavy atom. The fraction of sp³-hybridized carbons (Fsp3) is 0.500. The van der Waals surface area contributed by atoms with Crippen LogP contribution in [-0.2, 0) is 9.22 Å². The summed E-state index contributed by atoms with van der Waals surface area (Å²) in [6.45, 7) is 7.26. The van der Waals surface area contributed by atoms with Gasteiger partial charge in [-0.3, -0.25) is 4.79 Å². The summed E-state index contributed by atoms with van der Waals surface area (Å²) < 4.78 is 4.88. The zero-order chi connectivity index (χ0) is 7.28. The van der Waals surface area contributed by atoms with Crippen molar-refractivity contribution in [3.05, 3.63) is 12.7 Å². The van der Waals surface area contributed by atoms with E-state index in [1.54, 1.807) is 6.08 Å². The Kier molecular flexibility index (Phi) is 4.04. The molecule has 0 saturated carbocycles. The molecule has 0 amide bonds. The Balaban J connectivity index is 3.38. The molecule has 0 bridgehead atoms. The summed E-state index contributed by atoms with van der Waals surface area (Å²) in [6, 6.07) is 0. The third-order valence-electron chi connectivity index (χ3n) is 0.629. The standard InChI is InChI=1S/C6H11O2Si/c1-4-5-6(7)8-9(2)3/h4H,1,5H2,2-3H3. The van der Waals surface area contributed by atoms with Crippen LogP contribution in [0.15, 0.2) is 12.7 Å². The van der Waals surface area contributed by atoms with Crippen LogP contribution in [0.5, 0.6) is 0 Å². The van der Waals surface area contributed by atoms with Gasteiger partial charge in [0.25, 0.3) is 15.0 Å². The van der Waals surface area contributed by atoms with Gasteiger partial charge in [-0.1, -0.05) is 6.08 Å². The van der Waals surface area contributed by atoms with Crippen molar-refractivity contribution in [1.82, 2.24) is 0 Å². The van der Waals surface area contributed by atoms with E-state index in [1.807, 2.05) is 13.1 Å². The highest BCUT2D eigenvalue weighted by Crippen LogP contribution is 1.89. The highest BCUT2D eigenvalue weighted by Gasteiger charge is 2.03. The molecule has 0 spiro atoms. The Bertz CT molecular complexity index is 110. The van der Waals surface area contributed by atoms with Crippen LogP contribution in [0.25, 0.3) is 0 Å². The van der Waals surface area contributed by atoms with Crippen molar-refractivity contribution in [2.45, 2.75) is 19.5 Å². The molecule has 0 aliphatic heterocycles. The topological polar surface area (TPSA) is 26.3 Å². The van der Waals surface area contributed by atoms with E-state index in [0.717, 1.165) is 0 Å². The first kappa shape index (κ1) is 8.43. The maximum absolute atomic E-state index is 10.6. The maximum Gasteiger partial charge on any atom is 0.296 e. The van der Waals surface area contributed by atoms with Gasteiger partial charge in [-0.05, 0) is 13.1 Å². The molecule has 51 valence electrons. The summed E-state index contributed by atoms with van der Waals surface area (Å²) in [5.41, 5.74) is 0. The largest absolute Gasteiger partial charge is 0.518 e. The molecule has 0 aromatic carbocycles. The summed E-state index contributed by atoms with van der Waals surface area (Å²) in [5, 5.41) is 0. The third-order valence-corrected chi connectivity index (χ3v) is 1.26. The monoisotopic (exact) mass is 143 g/mol. The fourth-order valence-corrected chi connectivity index (χ4v) is 0.926. The second-order valence-electron chi connectivity index (χ2n) is 1.88. The van der Waals surface area contributed by atoms with E-state index in [4.69, 9.17) is 4.43 Å². The lowest BCUT2D eigenvalue weighted by molar-refractivity contribution is -0.133. The summed E-state index contributed by atoms with van der Waals surface area (Å²) in [7, 11) is -0.853. The van der Waals surface area contributed by atoms with Crippen LogP contribution in [0.2, 0.25) is 13.1 Å². The van der Waals surface area contributed by atoms with E-state index < -0.39 is 9.04 Å². The molecule has 1 radical (unpaired) electrons. The van der Waals surface area contributed by atoms with E-state index in [9.17, 15) is 4.79 Å². The van der Waals surface area contributed by atoms with Crippen LogP contribution in [-0.4, -0.2) is 15.0 Å². The second kappa shape index (κ2) is 4.32. The van der Waals surface area contributed by atoms with Crippen LogP contribution in [0.4, 0.5) is 0 Å². The lowest BCUT2D eigenvalue weighted by Gasteiger charge is -2.02. The summed E-state index contributed by atoms with van der Waals surface area (Å²) in [6.07, 6.45) is 1.88. The Labute approximate surface area is 57.3 Å². The lowest BCUT2D eigenvalue weighted by atomic mass is 10.4. The fourth-order valence-electron chi connectivity index (χ4n) is 0.387. The van der Waals surface area contributed by atoms with Crippen molar-refractivity contribution >= 4 is 15.0 Å². The van der Waals surface area contributed by atoms with Crippen LogP contribution in [0.3, 0.4) is 0 Å².